The minimum absolute atomic E-state index is 0.0606. The third-order valence-corrected chi connectivity index (χ3v) is 6.11. The van der Waals surface area contributed by atoms with Gasteiger partial charge in [-0.15, -0.1) is 11.8 Å². The molecule has 6 nitrogen and oxygen atoms in total. The van der Waals surface area contributed by atoms with Crippen LogP contribution in [-0.4, -0.2) is 33.0 Å². The van der Waals surface area contributed by atoms with Crippen molar-refractivity contribution in [3.8, 4) is 0 Å². The number of nitrogens with zero attached hydrogens (tertiary/aromatic N) is 1. The monoisotopic (exact) mass is 449 g/mol. The van der Waals surface area contributed by atoms with Gasteiger partial charge >= 0.3 is 5.97 Å². The maximum atomic E-state index is 13.4. The Balaban J connectivity index is 1.55. The van der Waals surface area contributed by atoms with Crippen LogP contribution in [0.5, 0.6) is 0 Å². The molecule has 3 N–H and O–H groups in total. The second kappa shape index (κ2) is 9.65. The van der Waals surface area contributed by atoms with E-state index in [0.29, 0.717) is 16.9 Å². The molecule has 0 saturated heterocycles. The molecule has 1 amide bonds. The summed E-state index contributed by atoms with van der Waals surface area (Å²) in [6.45, 7) is 0. The molecule has 1 aromatic heterocycles. The summed E-state index contributed by atoms with van der Waals surface area (Å²) < 4.78 is 13.4. The molecule has 2 atom stereocenters. The van der Waals surface area contributed by atoms with Crippen LogP contribution in [0.1, 0.15) is 16.6 Å². The highest BCUT2D eigenvalue weighted by Crippen LogP contribution is 2.35. The van der Waals surface area contributed by atoms with Gasteiger partial charge in [-0.05, 0) is 35.9 Å². The van der Waals surface area contributed by atoms with Crippen molar-refractivity contribution in [1.82, 2.24) is 15.3 Å². The van der Waals surface area contributed by atoms with E-state index in [1.54, 1.807) is 0 Å². The van der Waals surface area contributed by atoms with Crippen molar-refractivity contribution in [3.63, 3.8) is 0 Å². The number of hydrogen-bond acceptors (Lipinski definition) is 4. The van der Waals surface area contributed by atoms with Gasteiger partial charge in [-0.25, -0.2) is 14.2 Å². The van der Waals surface area contributed by atoms with Crippen molar-refractivity contribution in [2.24, 2.45) is 0 Å². The minimum Gasteiger partial charge on any atom is -0.480 e. The normalized spacial score (nSPS) is 12.9. The summed E-state index contributed by atoms with van der Waals surface area (Å²) in [5.41, 5.74) is 1.76. The highest BCUT2D eigenvalue weighted by molar-refractivity contribution is 8.00. The lowest BCUT2D eigenvalue weighted by Gasteiger charge is -2.20. The van der Waals surface area contributed by atoms with Crippen LogP contribution in [0.25, 0.3) is 11.0 Å². The number of aromatic nitrogens is 2. The Bertz CT molecular complexity index is 1230. The Kier molecular flexibility index (Phi) is 6.51. The van der Waals surface area contributed by atoms with Crippen LogP contribution in [0.4, 0.5) is 4.39 Å². The van der Waals surface area contributed by atoms with Crippen molar-refractivity contribution in [2.45, 2.75) is 22.6 Å². The molecular weight excluding hydrogens is 429 g/mol. The van der Waals surface area contributed by atoms with Crippen molar-refractivity contribution in [1.29, 1.82) is 0 Å². The largest absolute Gasteiger partial charge is 0.480 e. The van der Waals surface area contributed by atoms with Crippen molar-refractivity contribution >= 4 is 34.7 Å². The smallest absolute Gasteiger partial charge is 0.326 e. The van der Waals surface area contributed by atoms with Crippen LogP contribution in [0.15, 0.2) is 83.8 Å². The second-order valence-corrected chi connectivity index (χ2v) is 8.35. The van der Waals surface area contributed by atoms with E-state index >= 15 is 0 Å². The Morgan fingerprint density at radius 2 is 1.72 bits per heavy atom. The molecule has 4 aromatic rings. The molecule has 0 radical (unpaired) electrons. The zero-order valence-electron chi connectivity index (χ0n) is 16.9. The van der Waals surface area contributed by atoms with E-state index in [0.717, 1.165) is 10.5 Å². The first kappa shape index (κ1) is 21.6. The topological polar surface area (TPSA) is 95.1 Å². The number of fused-ring (bicyclic) bond motifs is 1. The number of thioether (sulfide) groups is 1. The number of imidazole rings is 1. The Labute approximate surface area is 187 Å². The third-order valence-electron chi connectivity index (χ3n) is 4.84. The Morgan fingerprint density at radius 1 is 1.03 bits per heavy atom. The van der Waals surface area contributed by atoms with Crippen LogP contribution in [0.3, 0.4) is 0 Å². The summed E-state index contributed by atoms with van der Waals surface area (Å²) >= 11 is 1.35. The molecule has 3 aromatic carbocycles. The zero-order valence-corrected chi connectivity index (χ0v) is 17.7. The van der Waals surface area contributed by atoms with Gasteiger partial charge in [0, 0.05) is 11.3 Å². The van der Waals surface area contributed by atoms with Gasteiger partial charge in [-0.3, -0.25) is 4.79 Å². The molecule has 0 saturated carbocycles. The highest BCUT2D eigenvalue weighted by atomic mass is 32.2. The number of H-pyrrole nitrogens is 1. The maximum Gasteiger partial charge on any atom is 0.326 e. The number of hydrogen-bond donors (Lipinski definition) is 3. The number of amides is 1. The van der Waals surface area contributed by atoms with Crippen LogP contribution in [0.2, 0.25) is 0 Å². The standard InChI is InChI=1S/C24H20FN3O3S/c25-16-11-12-18-19(13-16)27-21(26-18)14-20(24(30)31)28-23(29)22(15-7-3-1-4-8-15)32-17-9-5-2-6-10-17/h1-13,20,22H,14H2,(H,26,27)(H,28,29)(H,30,31)/t20-,22?/m1/s1. The number of halogens is 1. The van der Waals surface area contributed by atoms with E-state index in [-0.39, 0.29) is 6.42 Å². The molecule has 4 rings (SSSR count). The van der Waals surface area contributed by atoms with E-state index in [2.05, 4.69) is 15.3 Å². The summed E-state index contributed by atoms with van der Waals surface area (Å²) in [5, 5.41) is 11.7. The summed E-state index contributed by atoms with van der Waals surface area (Å²) in [6.07, 6.45) is -0.0606. The molecule has 0 aliphatic rings. The maximum absolute atomic E-state index is 13.4. The lowest BCUT2D eigenvalue weighted by atomic mass is 10.1. The summed E-state index contributed by atoms with van der Waals surface area (Å²) in [5.74, 6) is -1.66. The Morgan fingerprint density at radius 3 is 2.41 bits per heavy atom. The fraction of sp³-hybridized carbons (Fsp3) is 0.125. The Hall–Kier alpha value is -3.65. The number of benzene rings is 3. The third kappa shape index (κ3) is 5.15. The predicted molar refractivity (Wildman–Crippen MR) is 121 cm³/mol. The summed E-state index contributed by atoms with van der Waals surface area (Å²) in [7, 11) is 0. The quantitative estimate of drug-likeness (QED) is 0.348. The number of carbonyl (C=O) groups is 2. The lowest BCUT2D eigenvalue weighted by Crippen LogP contribution is -2.44. The summed E-state index contributed by atoms with van der Waals surface area (Å²) in [4.78, 5) is 33.2. The number of rotatable bonds is 8. The number of aromatic amines is 1. The first-order valence-electron chi connectivity index (χ1n) is 9.93. The fourth-order valence-corrected chi connectivity index (χ4v) is 4.36. The zero-order chi connectivity index (χ0) is 22.5. The molecule has 0 aliphatic heterocycles. The van der Waals surface area contributed by atoms with E-state index in [1.165, 1.54) is 30.0 Å². The number of carbonyl (C=O) groups excluding carboxylic acids is 1. The molecule has 1 unspecified atom stereocenters. The molecule has 0 spiro atoms. The van der Waals surface area contributed by atoms with Crippen LogP contribution < -0.4 is 5.32 Å². The van der Waals surface area contributed by atoms with E-state index in [1.807, 2.05) is 60.7 Å². The van der Waals surface area contributed by atoms with E-state index in [9.17, 15) is 19.1 Å². The average Bonchev–Trinajstić information content (AvgIpc) is 3.19. The fourth-order valence-electron chi connectivity index (χ4n) is 3.31. The average molecular weight is 450 g/mol. The van der Waals surface area contributed by atoms with Gasteiger partial charge in [0.25, 0.3) is 0 Å². The molecule has 162 valence electrons. The van der Waals surface area contributed by atoms with Gasteiger partial charge in [0.2, 0.25) is 5.91 Å². The van der Waals surface area contributed by atoms with Crippen molar-refractivity contribution in [3.05, 3.63) is 96.1 Å². The number of carboxylic acids is 1. The molecule has 0 fully saturated rings. The second-order valence-electron chi connectivity index (χ2n) is 7.17. The SMILES string of the molecule is O=C(N[C@H](Cc1nc2ccc(F)cc2[nH]1)C(=O)O)C(Sc1ccccc1)c1ccccc1. The molecular formula is C24H20FN3O3S. The lowest BCUT2D eigenvalue weighted by molar-refractivity contribution is -0.141. The van der Waals surface area contributed by atoms with Crippen molar-refractivity contribution in [2.75, 3.05) is 0 Å². The van der Waals surface area contributed by atoms with E-state index < -0.39 is 29.0 Å². The first-order chi connectivity index (χ1) is 15.5. The molecule has 1 heterocycles. The number of aliphatic carboxylic acids is 1. The number of carboxylic acid groups (broad SMARTS) is 1. The van der Waals surface area contributed by atoms with Gasteiger partial charge in [-0.2, -0.15) is 0 Å². The van der Waals surface area contributed by atoms with Gasteiger partial charge < -0.3 is 15.4 Å². The predicted octanol–water partition coefficient (Wildman–Crippen LogP) is 4.35. The van der Waals surface area contributed by atoms with Crippen LogP contribution in [0, 0.1) is 5.82 Å². The van der Waals surface area contributed by atoms with Gasteiger partial charge in [-0.1, -0.05) is 48.5 Å². The van der Waals surface area contributed by atoms with Gasteiger partial charge in [0.15, 0.2) is 0 Å². The molecule has 0 bridgehead atoms. The highest BCUT2D eigenvalue weighted by Gasteiger charge is 2.28. The minimum atomic E-state index is -1.20. The van der Waals surface area contributed by atoms with E-state index in [4.69, 9.17) is 0 Å². The molecule has 0 aliphatic carbocycles. The first-order valence-corrected chi connectivity index (χ1v) is 10.8. The van der Waals surface area contributed by atoms with Crippen molar-refractivity contribution < 1.29 is 19.1 Å². The van der Waals surface area contributed by atoms with Crippen LogP contribution in [-0.2, 0) is 16.0 Å². The van der Waals surface area contributed by atoms with Gasteiger partial charge in [0.05, 0.1) is 11.0 Å². The number of nitrogens with one attached hydrogen (secondary N) is 2. The molecule has 8 heteroatoms. The summed E-state index contributed by atoms with van der Waals surface area (Å²) in [6, 6.07) is 21.6. The molecule has 32 heavy (non-hydrogen) atoms. The van der Waals surface area contributed by atoms with Crippen LogP contribution >= 0.6 is 11.8 Å². The van der Waals surface area contributed by atoms with Gasteiger partial charge in [0.1, 0.15) is 22.9 Å².